The van der Waals surface area contributed by atoms with Crippen molar-refractivity contribution in [2.45, 2.75) is 76.5 Å². The first-order valence-electron chi connectivity index (χ1n) is 39.2. The van der Waals surface area contributed by atoms with Crippen LogP contribution in [-0.4, -0.2) is 201 Å². The topological polar surface area (TPSA) is 259 Å². The van der Waals surface area contributed by atoms with Crippen molar-refractivity contribution in [2.24, 2.45) is 5.92 Å². The van der Waals surface area contributed by atoms with Crippen molar-refractivity contribution in [3.05, 3.63) is 222 Å². The van der Waals surface area contributed by atoms with Gasteiger partial charge in [-0.3, -0.25) is 37.6 Å². The maximum absolute atomic E-state index is 16.0. The molecule has 27 nitrogen and oxygen atoms in total. The van der Waals surface area contributed by atoms with Crippen molar-refractivity contribution in [2.75, 3.05) is 107 Å². The molecule has 0 N–H and O–H groups in total. The van der Waals surface area contributed by atoms with Gasteiger partial charge >= 0.3 is 17.1 Å². The second-order valence-electron chi connectivity index (χ2n) is 31.4. The molecule has 7 atom stereocenters. The number of aromatic nitrogens is 10. The van der Waals surface area contributed by atoms with Gasteiger partial charge in [0.25, 0.3) is 5.91 Å². The summed E-state index contributed by atoms with van der Waals surface area (Å²) in [7, 11) is 0. The highest BCUT2D eigenvalue weighted by atomic mass is 35.5. The third-order valence-corrected chi connectivity index (χ3v) is 24.9. The summed E-state index contributed by atoms with van der Waals surface area (Å²) in [5.74, 6) is -7.05. The zero-order chi connectivity index (χ0) is 84.7. The maximum atomic E-state index is 16.0. The van der Waals surface area contributed by atoms with Gasteiger partial charge in [0.1, 0.15) is 72.2 Å². The standard InChI is InChI=1S/C85H74Cl3F6N17O10/c1-7-67(112)101-18-21-106(42(2)31-101)77-59-28-62(87)69(56-12-9-49(90)25-65(56)93)75-72(59)110(84(117)98-77)52(39-120-75)36-102-16-14-54(82(102)115)46(6)81(114)104-20-23-108(44(4)33-104)79-60-29-63(88)70(57-13-10-50(91)26-66(57)94)76-73(60)111(85(118)99-79)53(40-121-76)37-105-34-47(30-96-105)45(5)80(113)103-19-22-107(43(3)32-103)78-58-27-61(86)68(55-11-8-48(89)24-64(55)92)74-71(58)109(83(116)97-78)51(38-119-74)35-100-17-15-95-41-100/h7-13,15,17,24-30,34,41-44,51-54H,1,5-6,14,16,18-23,31-33,35-40H2,2-4H3/t42-,43-,44-,51?,52?,53?,54?/m0/s1. The van der Waals surface area contributed by atoms with E-state index in [0.717, 1.165) is 24.3 Å². The molecule has 0 radical (unpaired) electrons. The number of benzene rings is 6. The SMILES string of the molecule is C=CC(=O)N1CCN(c2nc(=O)n3c4c(c(-c5ccc(F)cc5F)c(Cl)cc24)OCC3CN2CCC(C(=C)C(=O)N3CCN(c4nc(=O)n5c6c(c(-c7ccc(F)cc7F)c(Cl)cc46)OCC5Cn4cc(C(=C)C(=O)N5CCN(c6nc(=O)n7c8c(c(-c9ccc(F)cc9F)c(Cl)cc68)OCC7Cn6ccnc6)[C@@H](C)C5)cn4)[C@@H](C)C3)C2=O)[C@@H](C)C1. The van der Waals surface area contributed by atoms with Gasteiger partial charge < -0.3 is 53.1 Å². The lowest BCUT2D eigenvalue weighted by molar-refractivity contribution is -0.134. The van der Waals surface area contributed by atoms with Crippen LogP contribution in [-0.2, 0) is 32.3 Å². The number of hydrogen-bond acceptors (Lipinski definition) is 18. The molecule has 0 spiro atoms. The second kappa shape index (κ2) is 31.0. The summed E-state index contributed by atoms with van der Waals surface area (Å²) in [5, 5.41) is 5.77. The molecule has 6 aromatic carbocycles. The Labute approximate surface area is 699 Å². The fraction of sp³-hybridized carbons (Fsp3) is 0.318. The number of nitrogens with zero attached hydrogens (tertiary/aromatic N) is 17. The fourth-order valence-electron chi connectivity index (χ4n) is 18.2. The lowest BCUT2D eigenvalue weighted by Crippen LogP contribution is -2.55. The lowest BCUT2D eigenvalue weighted by atomic mass is 9.97. The molecule has 18 rings (SSSR count). The van der Waals surface area contributed by atoms with E-state index in [4.69, 9.17) is 54.0 Å². The van der Waals surface area contributed by atoms with E-state index in [1.165, 1.54) is 59.8 Å². The van der Waals surface area contributed by atoms with E-state index in [9.17, 15) is 41.9 Å². The first kappa shape index (κ1) is 79.6. The zero-order valence-electron chi connectivity index (χ0n) is 65.2. The van der Waals surface area contributed by atoms with E-state index in [1.54, 1.807) is 56.3 Å². The molecule has 4 unspecified atom stereocenters. The van der Waals surface area contributed by atoms with Gasteiger partial charge in [-0.1, -0.05) is 54.5 Å². The molecule has 0 saturated carbocycles. The van der Waals surface area contributed by atoms with Crippen LogP contribution in [0.5, 0.6) is 17.2 Å². The largest absolute Gasteiger partial charge is 0.488 e. The monoisotopic (exact) mass is 1710 g/mol. The number of piperazine rings is 3. The molecular formula is C85H74Cl3F6N17O10. The first-order chi connectivity index (χ1) is 58.1. The molecule has 121 heavy (non-hydrogen) atoms. The Kier molecular flexibility index (Phi) is 20.4. The average molecular weight is 1710 g/mol. The van der Waals surface area contributed by atoms with Crippen molar-refractivity contribution in [3.8, 4) is 50.6 Å². The van der Waals surface area contributed by atoms with E-state index < -0.39 is 106 Å². The lowest BCUT2D eigenvalue weighted by Gasteiger charge is -2.42. The predicted octanol–water partition coefficient (Wildman–Crippen LogP) is 11.3. The summed E-state index contributed by atoms with van der Waals surface area (Å²) in [6.45, 7) is 18.9. The number of likely N-dealkylation sites (tertiary alicyclic amines) is 1. The van der Waals surface area contributed by atoms with Crippen molar-refractivity contribution < 1.29 is 59.7 Å². The molecule has 36 heteroatoms. The van der Waals surface area contributed by atoms with E-state index in [1.807, 2.05) is 35.5 Å². The average Bonchev–Trinajstić information content (AvgIpc) is 1.16. The molecule has 5 aromatic heterocycles. The van der Waals surface area contributed by atoms with Crippen LogP contribution in [0.2, 0.25) is 15.1 Å². The van der Waals surface area contributed by atoms with E-state index in [2.05, 4.69) is 39.8 Å². The Morgan fingerprint density at radius 1 is 0.529 bits per heavy atom. The maximum Gasteiger partial charge on any atom is 0.350 e. The van der Waals surface area contributed by atoms with E-state index >= 15 is 18.0 Å². The minimum Gasteiger partial charge on any atom is -0.488 e. The van der Waals surface area contributed by atoms with Crippen LogP contribution in [0.3, 0.4) is 0 Å². The summed E-state index contributed by atoms with van der Waals surface area (Å²) < 4.78 is 118. The van der Waals surface area contributed by atoms with Crippen LogP contribution < -0.4 is 46.0 Å². The molecule has 7 aliphatic heterocycles. The first-order valence-corrected chi connectivity index (χ1v) is 40.3. The van der Waals surface area contributed by atoms with Crippen molar-refractivity contribution in [3.63, 3.8) is 0 Å². The Hall–Kier alpha value is -12.5. The fourth-order valence-corrected chi connectivity index (χ4v) is 19.1. The molecule has 4 fully saturated rings. The van der Waals surface area contributed by atoms with Crippen molar-refractivity contribution >= 4 is 114 Å². The Bertz CT molecular complexity index is 6480. The quantitative estimate of drug-likeness (QED) is 0.0606. The normalized spacial score (nSPS) is 20.2. The molecule has 622 valence electrons. The highest BCUT2D eigenvalue weighted by Crippen LogP contribution is 2.52. The summed E-state index contributed by atoms with van der Waals surface area (Å²) >= 11 is 21.2. The molecule has 0 bridgehead atoms. The van der Waals surface area contributed by atoms with Crippen LogP contribution >= 0.6 is 34.8 Å². The second-order valence-corrected chi connectivity index (χ2v) is 32.6. The van der Waals surface area contributed by atoms with Gasteiger partial charge in [0.2, 0.25) is 17.7 Å². The van der Waals surface area contributed by atoms with E-state index in [0.29, 0.717) is 39.4 Å². The Morgan fingerprint density at radius 3 is 1.36 bits per heavy atom. The Balaban J connectivity index is 0.574. The third kappa shape index (κ3) is 13.7. The van der Waals surface area contributed by atoms with Crippen LogP contribution in [0.4, 0.5) is 43.8 Å². The van der Waals surface area contributed by atoms with Crippen LogP contribution in [0.25, 0.3) is 71.7 Å². The number of anilines is 3. The number of imidazole rings is 1. The summed E-state index contributed by atoms with van der Waals surface area (Å²) in [6.07, 6.45) is 9.43. The number of rotatable bonds is 17. The van der Waals surface area contributed by atoms with Crippen molar-refractivity contribution in [1.29, 1.82) is 0 Å². The van der Waals surface area contributed by atoms with Crippen LogP contribution in [0, 0.1) is 40.8 Å². The molecule has 4 amide bonds. The molecule has 11 aromatic rings. The zero-order valence-corrected chi connectivity index (χ0v) is 67.4. The number of hydrogen-bond donors (Lipinski definition) is 0. The predicted molar refractivity (Wildman–Crippen MR) is 440 cm³/mol. The third-order valence-electron chi connectivity index (χ3n) is 24.0. The summed E-state index contributed by atoms with van der Waals surface area (Å²) in [5.41, 5.74) is -0.962. The molecular weight excluding hydrogens is 1640 g/mol. The van der Waals surface area contributed by atoms with Gasteiger partial charge in [-0.15, -0.1) is 0 Å². The molecule has 4 saturated heterocycles. The summed E-state index contributed by atoms with van der Waals surface area (Å²) in [4.78, 5) is 131. The number of amides is 4. The molecule has 7 aliphatic rings. The van der Waals surface area contributed by atoms with E-state index in [-0.39, 0.29) is 229 Å². The minimum absolute atomic E-state index is 0.00781. The number of ether oxygens (including phenoxy) is 3. The minimum atomic E-state index is -0.978. The number of carbonyl (C=O) groups is 4. The van der Waals surface area contributed by atoms with Gasteiger partial charge in [-0.05, 0) is 87.9 Å². The highest BCUT2D eigenvalue weighted by Gasteiger charge is 2.44. The molecule has 0 aliphatic carbocycles. The number of halogens is 9. The van der Waals surface area contributed by atoms with Crippen LogP contribution in [0.15, 0.2) is 150 Å². The van der Waals surface area contributed by atoms with Gasteiger partial charge in [-0.25, -0.2) is 45.7 Å². The van der Waals surface area contributed by atoms with Gasteiger partial charge in [0, 0.05) is 200 Å². The van der Waals surface area contributed by atoms with Gasteiger partial charge in [-0.2, -0.15) is 20.1 Å². The van der Waals surface area contributed by atoms with Gasteiger partial charge in [0.15, 0.2) is 17.2 Å². The van der Waals surface area contributed by atoms with Crippen molar-refractivity contribution in [1.82, 2.24) is 67.6 Å². The molecule has 12 heterocycles. The summed E-state index contributed by atoms with van der Waals surface area (Å²) in [6, 6.07) is 10.0. The highest BCUT2D eigenvalue weighted by molar-refractivity contribution is 6.36. The Morgan fingerprint density at radius 2 is 0.942 bits per heavy atom. The smallest absolute Gasteiger partial charge is 0.350 e. The van der Waals surface area contributed by atoms with Crippen LogP contribution in [0.1, 0.15) is 50.9 Å². The number of carbonyl (C=O) groups excluding carboxylic acids is 4. The van der Waals surface area contributed by atoms with Gasteiger partial charge in [0.05, 0.1) is 74.7 Å².